The number of aliphatic hydroxyl groups excluding tert-OH is 1. The van der Waals surface area contributed by atoms with Crippen LogP contribution in [0.2, 0.25) is 0 Å². The monoisotopic (exact) mass is 255 g/mol. The third-order valence-electron chi connectivity index (χ3n) is 2.14. The first-order valence-corrected chi connectivity index (χ1v) is 5.95. The molecule has 0 heterocycles. The van der Waals surface area contributed by atoms with Crippen LogP contribution in [-0.4, -0.2) is 37.4 Å². The molecule has 0 aromatic heterocycles. The van der Waals surface area contributed by atoms with Crippen LogP contribution in [0.1, 0.15) is 16.8 Å². The largest absolute Gasteiger partial charge is 0.394 e. The molecule has 0 unspecified atom stereocenters. The van der Waals surface area contributed by atoms with Gasteiger partial charge in [-0.15, -0.1) is 12.6 Å². The number of nitrogens with one attached hydrogen (secondary N) is 1. The van der Waals surface area contributed by atoms with Gasteiger partial charge in [-0.2, -0.15) is 0 Å². The molecule has 0 spiro atoms. The molecule has 2 N–H and O–H groups in total. The van der Waals surface area contributed by atoms with Gasteiger partial charge in [0.05, 0.1) is 18.8 Å². The zero-order valence-electron chi connectivity index (χ0n) is 9.56. The molecule has 1 aromatic carbocycles. The Bertz CT molecular complexity index is 357. The third kappa shape index (κ3) is 5.21. The number of carbonyl (C=O) groups is 1. The molecule has 17 heavy (non-hydrogen) atoms. The van der Waals surface area contributed by atoms with Crippen molar-refractivity contribution in [1.82, 2.24) is 5.32 Å². The average Bonchev–Trinajstić information content (AvgIpc) is 2.34. The second-order valence-electron chi connectivity index (χ2n) is 3.46. The van der Waals surface area contributed by atoms with Crippen molar-refractivity contribution < 1.29 is 14.6 Å². The fourth-order valence-corrected chi connectivity index (χ4v) is 1.57. The van der Waals surface area contributed by atoms with Crippen molar-refractivity contribution in [2.24, 2.45) is 0 Å². The van der Waals surface area contributed by atoms with E-state index < -0.39 is 0 Å². The van der Waals surface area contributed by atoms with E-state index in [9.17, 15) is 4.79 Å². The standard InChI is InChI=1S/C12H17NO3S/c14-7-9-16-8-3-6-13-12(15)10-4-1-2-5-11(10)17/h1-2,4-5,14,17H,3,6-9H2,(H,13,15). The number of thiol groups is 1. The summed E-state index contributed by atoms with van der Waals surface area (Å²) in [6, 6.07) is 7.16. The summed E-state index contributed by atoms with van der Waals surface area (Å²) in [5, 5.41) is 11.3. The van der Waals surface area contributed by atoms with Gasteiger partial charge in [0, 0.05) is 18.0 Å². The summed E-state index contributed by atoms with van der Waals surface area (Å²) in [4.78, 5) is 12.4. The van der Waals surface area contributed by atoms with Crippen LogP contribution >= 0.6 is 12.6 Å². The minimum absolute atomic E-state index is 0.0272. The van der Waals surface area contributed by atoms with E-state index in [-0.39, 0.29) is 12.5 Å². The molecule has 94 valence electrons. The lowest BCUT2D eigenvalue weighted by molar-refractivity contribution is 0.0866. The van der Waals surface area contributed by atoms with Gasteiger partial charge in [-0.1, -0.05) is 12.1 Å². The molecule has 0 saturated carbocycles. The van der Waals surface area contributed by atoms with E-state index in [1.54, 1.807) is 18.2 Å². The summed E-state index contributed by atoms with van der Waals surface area (Å²) in [5.74, 6) is -0.127. The van der Waals surface area contributed by atoms with Crippen LogP contribution in [-0.2, 0) is 4.74 Å². The van der Waals surface area contributed by atoms with Crippen LogP contribution in [0.25, 0.3) is 0 Å². The lowest BCUT2D eigenvalue weighted by atomic mass is 10.2. The van der Waals surface area contributed by atoms with Gasteiger partial charge in [0.25, 0.3) is 5.91 Å². The molecule has 1 amide bonds. The van der Waals surface area contributed by atoms with E-state index in [4.69, 9.17) is 9.84 Å². The summed E-state index contributed by atoms with van der Waals surface area (Å²) >= 11 is 4.22. The van der Waals surface area contributed by atoms with E-state index in [0.29, 0.717) is 30.2 Å². The van der Waals surface area contributed by atoms with Gasteiger partial charge in [-0.05, 0) is 18.6 Å². The molecular weight excluding hydrogens is 238 g/mol. The topological polar surface area (TPSA) is 58.6 Å². The van der Waals surface area contributed by atoms with Crippen LogP contribution in [0.4, 0.5) is 0 Å². The first-order valence-electron chi connectivity index (χ1n) is 5.50. The van der Waals surface area contributed by atoms with E-state index in [2.05, 4.69) is 17.9 Å². The number of hydrogen-bond acceptors (Lipinski definition) is 4. The maximum atomic E-state index is 11.7. The minimum Gasteiger partial charge on any atom is -0.394 e. The summed E-state index contributed by atoms with van der Waals surface area (Å²) in [7, 11) is 0. The lowest BCUT2D eigenvalue weighted by Gasteiger charge is -2.07. The first kappa shape index (κ1) is 14.0. The number of ether oxygens (including phenoxy) is 1. The van der Waals surface area contributed by atoms with Crippen molar-refractivity contribution >= 4 is 18.5 Å². The smallest absolute Gasteiger partial charge is 0.252 e. The van der Waals surface area contributed by atoms with Crippen molar-refractivity contribution in [3.63, 3.8) is 0 Å². The van der Waals surface area contributed by atoms with Gasteiger partial charge < -0.3 is 15.2 Å². The molecule has 0 atom stereocenters. The van der Waals surface area contributed by atoms with Gasteiger partial charge in [-0.3, -0.25) is 4.79 Å². The van der Waals surface area contributed by atoms with Crippen molar-refractivity contribution in [3.05, 3.63) is 29.8 Å². The zero-order chi connectivity index (χ0) is 12.5. The molecule has 0 radical (unpaired) electrons. The molecule has 0 bridgehead atoms. The fraction of sp³-hybridized carbons (Fsp3) is 0.417. The second-order valence-corrected chi connectivity index (χ2v) is 3.94. The number of rotatable bonds is 7. The van der Waals surface area contributed by atoms with E-state index in [1.165, 1.54) is 0 Å². The SMILES string of the molecule is O=C(NCCCOCCO)c1ccccc1S. The van der Waals surface area contributed by atoms with Crippen LogP contribution in [0.15, 0.2) is 29.2 Å². The molecule has 0 aliphatic carbocycles. The maximum Gasteiger partial charge on any atom is 0.252 e. The summed E-state index contributed by atoms with van der Waals surface area (Å²) in [5.41, 5.74) is 0.576. The number of hydrogen-bond donors (Lipinski definition) is 3. The Kier molecular flexibility index (Phi) is 6.69. The Labute approximate surface area is 106 Å². The van der Waals surface area contributed by atoms with Crippen LogP contribution in [0.5, 0.6) is 0 Å². The van der Waals surface area contributed by atoms with Crippen LogP contribution < -0.4 is 5.32 Å². The highest BCUT2D eigenvalue weighted by atomic mass is 32.1. The van der Waals surface area contributed by atoms with Crippen molar-refractivity contribution in [1.29, 1.82) is 0 Å². The quantitative estimate of drug-likeness (QED) is 0.505. The van der Waals surface area contributed by atoms with Gasteiger partial charge in [-0.25, -0.2) is 0 Å². The number of aliphatic hydroxyl groups is 1. The average molecular weight is 255 g/mol. The van der Waals surface area contributed by atoms with Crippen molar-refractivity contribution in [2.45, 2.75) is 11.3 Å². The van der Waals surface area contributed by atoms with Gasteiger partial charge in [0.1, 0.15) is 0 Å². The predicted octanol–water partition coefficient (Wildman–Crippen LogP) is 1.10. The second kappa shape index (κ2) is 8.11. The lowest BCUT2D eigenvalue weighted by Crippen LogP contribution is -2.25. The molecule has 0 fully saturated rings. The van der Waals surface area contributed by atoms with Crippen molar-refractivity contribution in [3.8, 4) is 0 Å². The van der Waals surface area contributed by atoms with E-state index in [0.717, 1.165) is 6.42 Å². The molecule has 1 aromatic rings. The Morgan fingerprint density at radius 1 is 1.35 bits per heavy atom. The predicted molar refractivity (Wildman–Crippen MR) is 68.5 cm³/mol. The Balaban J connectivity index is 2.24. The highest BCUT2D eigenvalue weighted by Crippen LogP contribution is 2.12. The number of benzene rings is 1. The van der Waals surface area contributed by atoms with E-state index in [1.807, 2.05) is 6.07 Å². The van der Waals surface area contributed by atoms with Crippen molar-refractivity contribution in [2.75, 3.05) is 26.4 Å². The molecular formula is C12H17NO3S. The maximum absolute atomic E-state index is 11.7. The van der Waals surface area contributed by atoms with Gasteiger partial charge in [0.2, 0.25) is 0 Å². The first-order chi connectivity index (χ1) is 8.25. The Morgan fingerprint density at radius 3 is 2.82 bits per heavy atom. The molecule has 1 rings (SSSR count). The molecule has 5 heteroatoms. The molecule has 0 aliphatic heterocycles. The molecule has 4 nitrogen and oxygen atoms in total. The van der Waals surface area contributed by atoms with Crippen LogP contribution in [0, 0.1) is 0 Å². The third-order valence-corrected chi connectivity index (χ3v) is 2.53. The van der Waals surface area contributed by atoms with E-state index >= 15 is 0 Å². The number of carbonyl (C=O) groups excluding carboxylic acids is 1. The molecule has 0 saturated heterocycles. The Morgan fingerprint density at radius 2 is 2.12 bits per heavy atom. The summed E-state index contributed by atoms with van der Waals surface area (Å²) < 4.78 is 5.08. The normalized spacial score (nSPS) is 10.2. The van der Waals surface area contributed by atoms with Gasteiger partial charge in [0.15, 0.2) is 0 Å². The highest BCUT2D eigenvalue weighted by Gasteiger charge is 2.07. The highest BCUT2D eigenvalue weighted by molar-refractivity contribution is 7.80. The summed E-state index contributed by atoms with van der Waals surface area (Å²) in [6.07, 6.45) is 0.723. The minimum atomic E-state index is -0.127. The Hall–Kier alpha value is -1.04. The zero-order valence-corrected chi connectivity index (χ0v) is 10.5. The fourth-order valence-electron chi connectivity index (χ4n) is 1.30. The molecule has 0 aliphatic rings. The summed E-state index contributed by atoms with van der Waals surface area (Å²) in [6.45, 7) is 1.45. The van der Waals surface area contributed by atoms with Gasteiger partial charge >= 0.3 is 0 Å². The van der Waals surface area contributed by atoms with Crippen LogP contribution in [0.3, 0.4) is 0 Å². The number of amides is 1.